The minimum atomic E-state index is -0.443. The van der Waals surface area contributed by atoms with Crippen LogP contribution in [0.1, 0.15) is 52.9 Å². The molecule has 15 heavy (non-hydrogen) atoms. The van der Waals surface area contributed by atoms with E-state index in [9.17, 15) is 5.11 Å². The molecule has 1 nitrogen and oxygen atoms in total. The van der Waals surface area contributed by atoms with Crippen LogP contribution in [0.15, 0.2) is 12.2 Å². The van der Waals surface area contributed by atoms with E-state index in [0.717, 1.165) is 12.8 Å². The van der Waals surface area contributed by atoms with Crippen molar-refractivity contribution in [3.05, 3.63) is 12.2 Å². The van der Waals surface area contributed by atoms with Crippen molar-refractivity contribution < 1.29 is 5.11 Å². The van der Waals surface area contributed by atoms with Crippen molar-refractivity contribution >= 4 is 0 Å². The third-order valence-electron chi connectivity index (χ3n) is 6.32. The third-order valence-corrected chi connectivity index (χ3v) is 6.32. The van der Waals surface area contributed by atoms with Gasteiger partial charge in [-0.2, -0.15) is 0 Å². The first-order chi connectivity index (χ1) is 6.87. The van der Waals surface area contributed by atoms with Gasteiger partial charge in [0.2, 0.25) is 0 Å². The van der Waals surface area contributed by atoms with E-state index in [0.29, 0.717) is 0 Å². The van der Waals surface area contributed by atoms with Gasteiger partial charge in [0.1, 0.15) is 0 Å². The molecule has 1 heteroatoms. The summed E-state index contributed by atoms with van der Waals surface area (Å²) >= 11 is 0. The summed E-state index contributed by atoms with van der Waals surface area (Å²) in [6.45, 7) is 6.92. The molecule has 2 bridgehead atoms. The highest BCUT2D eigenvalue weighted by atomic mass is 16.3. The highest BCUT2D eigenvalue weighted by molar-refractivity contribution is 5.32. The average Bonchev–Trinajstić information content (AvgIpc) is 2.52. The first-order valence-corrected chi connectivity index (χ1v) is 6.30. The van der Waals surface area contributed by atoms with Crippen LogP contribution < -0.4 is 0 Å². The second kappa shape index (κ2) is 2.34. The quantitative estimate of drug-likeness (QED) is 0.603. The van der Waals surface area contributed by atoms with Crippen LogP contribution in [-0.4, -0.2) is 10.7 Å². The van der Waals surface area contributed by atoms with Crippen LogP contribution in [0.4, 0.5) is 0 Å². The molecule has 0 radical (unpaired) electrons. The van der Waals surface area contributed by atoms with Gasteiger partial charge in [-0.25, -0.2) is 0 Å². The Hall–Kier alpha value is -0.300. The van der Waals surface area contributed by atoms with E-state index >= 15 is 0 Å². The highest BCUT2D eigenvalue weighted by Crippen LogP contribution is 2.72. The van der Waals surface area contributed by atoms with Gasteiger partial charge in [-0.1, -0.05) is 32.9 Å². The van der Waals surface area contributed by atoms with Crippen LogP contribution in [0, 0.1) is 16.2 Å². The maximum Gasteiger partial charge on any atom is 0.0796 e. The van der Waals surface area contributed by atoms with Crippen LogP contribution in [-0.2, 0) is 0 Å². The van der Waals surface area contributed by atoms with Crippen LogP contribution in [0.25, 0.3) is 0 Å². The zero-order chi connectivity index (χ0) is 10.9. The Balaban J connectivity index is 2.25. The molecule has 2 fully saturated rings. The summed E-state index contributed by atoms with van der Waals surface area (Å²) in [5.74, 6) is 0. The van der Waals surface area contributed by atoms with Gasteiger partial charge in [0.15, 0.2) is 0 Å². The molecule has 1 N–H and O–H groups in total. The lowest BCUT2D eigenvalue weighted by atomic mass is 9.41. The van der Waals surface area contributed by atoms with Crippen LogP contribution in [0.2, 0.25) is 0 Å². The molecular weight excluding hydrogens is 184 g/mol. The predicted molar refractivity (Wildman–Crippen MR) is 61.5 cm³/mol. The Kier molecular flexibility index (Phi) is 1.55. The maximum absolute atomic E-state index is 11.1. The molecule has 0 aliphatic heterocycles. The molecule has 0 unspecified atom stereocenters. The lowest BCUT2D eigenvalue weighted by Crippen LogP contribution is -2.65. The molecule has 2 saturated carbocycles. The molecule has 0 spiro atoms. The van der Waals surface area contributed by atoms with Crippen molar-refractivity contribution in [3.8, 4) is 0 Å². The van der Waals surface area contributed by atoms with Gasteiger partial charge < -0.3 is 5.11 Å². The summed E-state index contributed by atoms with van der Waals surface area (Å²) in [6.07, 6.45) is 10.5. The molecule has 84 valence electrons. The summed E-state index contributed by atoms with van der Waals surface area (Å²) in [7, 11) is 0. The Bertz CT molecular complexity index is 315. The molecule has 4 aliphatic carbocycles. The van der Waals surface area contributed by atoms with E-state index in [4.69, 9.17) is 0 Å². The fourth-order valence-electron chi connectivity index (χ4n) is 4.71. The van der Waals surface area contributed by atoms with E-state index in [1.54, 1.807) is 0 Å². The SMILES string of the molecule is C[C@]12CCC[C@@]1(O)[C@@]1(C)C=C[C@]2(C)CC1. The standard InChI is InChI=1S/C14H22O/c1-11-7-9-12(2,10-8-11)14(15)6-4-5-13(11,14)3/h7,9,15H,4-6,8,10H2,1-3H3/t11-,12+,13-,14-/m1/s1. The maximum atomic E-state index is 11.1. The topological polar surface area (TPSA) is 20.2 Å². The lowest BCUT2D eigenvalue weighted by molar-refractivity contribution is -0.205. The summed E-state index contributed by atoms with van der Waals surface area (Å²) in [5, 5.41) is 11.1. The van der Waals surface area contributed by atoms with E-state index in [1.807, 2.05) is 0 Å². The summed E-state index contributed by atoms with van der Waals surface area (Å²) in [4.78, 5) is 0. The molecule has 0 aromatic heterocycles. The minimum absolute atomic E-state index is 0.0377. The molecule has 0 aromatic rings. The first kappa shape index (κ1) is 9.89. The molecule has 0 heterocycles. The van der Waals surface area contributed by atoms with Crippen molar-refractivity contribution in [1.82, 2.24) is 0 Å². The second-order valence-corrected chi connectivity index (χ2v) is 6.71. The summed E-state index contributed by atoms with van der Waals surface area (Å²) in [5.41, 5.74) is -0.0600. The predicted octanol–water partition coefficient (Wildman–Crippen LogP) is 3.28. The summed E-state index contributed by atoms with van der Waals surface area (Å²) < 4.78 is 0. The highest BCUT2D eigenvalue weighted by Gasteiger charge is 2.70. The van der Waals surface area contributed by atoms with Gasteiger partial charge in [0, 0.05) is 10.8 Å². The van der Waals surface area contributed by atoms with Crippen molar-refractivity contribution in [2.75, 3.05) is 0 Å². The van der Waals surface area contributed by atoms with Gasteiger partial charge in [-0.3, -0.25) is 0 Å². The van der Waals surface area contributed by atoms with Crippen molar-refractivity contribution in [2.45, 2.75) is 58.5 Å². The molecule has 4 rings (SSSR count). The normalized spacial score (nSPS) is 62.1. The van der Waals surface area contributed by atoms with Crippen molar-refractivity contribution in [3.63, 3.8) is 0 Å². The van der Waals surface area contributed by atoms with E-state index in [2.05, 4.69) is 32.9 Å². The van der Waals surface area contributed by atoms with E-state index < -0.39 is 5.60 Å². The minimum Gasteiger partial charge on any atom is -0.388 e. The number of aliphatic hydroxyl groups is 1. The molecule has 0 aromatic carbocycles. The molecular formula is C14H22O. The van der Waals surface area contributed by atoms with Crippen molar-refractivity contribution in [2.24, 2.45) is 16.2 Å². The second-order valence-electron chi connectivity index (χ2n) is 6.71. The molecule has 4 aliphatic rings. The van der Waals surface area contributed by atoms with Crippen LogP contribution >= 0.6 is 0 Å². The van der Waals surface area contributed by atoms with Crippen molar-refractivity contribution in [1.29, 1.82) is 0 Å². The molecule has 0 saturated heterocycles. The zero-order valence-electron chi connectivity index (χ0n) is 10.1. The number of rotatable bonds is 0. The fourth-order valence-corrected chi connectivity index (χ4v) is 4.71. The lowest BCUT2D eigenvalue weighted by Gasteiger charge is -2.65. The Morgan fingerprint density at radius 3 is 2.00 bits per heavy atom. The zero-order valence-corrected chi connectivity index (χ0v) is 10.1. The average molecular weight is 206 g/mol. The van der Waals surface area contributed by atoms with Gasteiger partial charge >= 0.3 is 0 Å². The third kappa shape index (κ3) is 0.791. The Labute approximate surface area is 92.6 Å². The van der Waals surface area contributed by atoms with Gasteiger partial charge in [0.05, 0.1) is 5.60 Å². The van der Waals surface area contributed by atoms with Gasteiger partial charge in [-0.05, 0) is 37.5 Å². The number of hydrogen-bond acceptors (Lipinski definition) is 1. The molecule has 4 atom stereocenters. The summed E-state index contributed by atoms with van der Waals surface area (Å²) in [6, 6.07) is 0. The fraction of sp³-hybridized carbons (Fsp3) is 0.857. The number of hydrogen-bond donors (Lipinski definition) is 1. The van der Waals surface area contributed by atoms with Gasteiger partial charge in [0.25, 0.3) is 0 Å². The van der Waals surface area contributed by atoms with Crippen LogP contribution in [0.5, 0.6) is 0 Å². The van der Waals surface area contributed by atoms with E-state index in [1.165, 1.54) is 19.3 Å². The van der Waals surface area contributed by atoms with Gasteiger partial charge in [-0.15, -0.1) is 0 Å². The Morgan fingerprint density at radius 1 is 0.867 bits per heavy atom. The molecule has 0 amide bonds. The Morgan fingerprint density at radius 2 is 1.47 bits per heavy atom. The number of fused-ring (bicyclic) bond motifs is 1. The van der Waals surface area contributed by atoms with E-state index in [-0.39, 0.29) is 16.2 Å². The number of allylic oxidation sites excluding steroid dienone is 1. The largest absolute Gasteiger partial charge is 0.388 e. The smallest absolute Gasteiger partial charge is 0.0796 e. The first-order valence-electron chi connectivity index (χ1n) is 6.30. The van der Waals surface area contributed by atoms with Crippen LogP contribution in [0.3, 0.4) is 0 Å². The monoisotopic (exact) mass is 206 g/mol.